The van der Waals surface area contributed by atoms with Crippen molar-refractivity contribution in [2.45, 2.75) is 32.1 Å². The molecule has 4 nitrogen and oxygen atoms in total. The van der Waals surface area contributed by atoms with E-state index < -0.39 is 0 Å². The highest BCUT2D eigenvalue weighted by Crippen LogP contribution is 2.30. The molecule has 2 amide bonds. The fourth-order valence-electron chi connectivity index (χ4n) is 3.80. The maximum Gasteiger partial charge on any atom is 0.257 e. The molecule has 4 rings (SSSR count). The number of amides is 2. The minimum Gasteiger partial charge on any atom is -0.322 e. The Labute approximate surface area is 163 Å². The van der Waals surface area contributed by atoms with Gasteiger partial charge in [0.05, 0.1) is 11.3 Å². The van der Waals surface area contributed by atoms with Gasteiger partial charge in [-0.1, -0.05) is 29.8 Å². The Kier molecular flexibility index (Phi) is 4.75. The van der Waals surface area contributed by atoms with E-state index in [0.29, 0.717) is 29.2 Å². The van der Waals surface area contributed by atoms with Crippen molar-refractivity contribution in [3.8, 4) is 0 Å². The van der Waals surface area contributed by atoms with Crippen LogP contribution in [0.1, 0.15) is 40.7 Å². The molecular formula is C22H21ClN2O2. The number of aryl methyl sites for hydroxylation is 1. The van der Waals surface area contributed by atoms with Crippen molar-refractivity contribution in [1.29, 1.82) is 0 Å². The van der Waals surface area contributed by atoms with Crippen molar-refractivity contribution in [2.24, 2.45) is 0 Å². The number of allylic oxidation sites excluding steroid dienone is 1. The number of hydrogen-bond donors (Lipinski definition) is 1. The van der Waals surface area contributed by atoms with E-state index >= 15 is 0 Å². The Balaban J connectivity index is 1.60. The van der Waals surface area contributed by atoms with Gasteiger partial charge in [-0.2, -0.15) is 0 Å². The summed E-state index contributed by atoms with van der Waals surface area (Å²) in [6.45, 7) is 4.68. The van der Waals surface area contributed by atoms with Crippen LogP contribution in [0.2, 0.25) is 5.02 Å². The second kappa shape index (κ2) is 7.20. The fourth-order valence-corrected chi connectivity index (χ4v) is 3.97. The third-order valence-corrected chi connectivity index (χ3v) is 5.46. The summed E-state index contributed by atoms with van der Waals surface area (Å²) < 4.78 is 0. The molecule has 138 valence electrons. The minimum atomic E-state index is -0.235. The SMILES string of the molecule is C=C1CCc2cc(NC(=O)c3ccc(Cl)cc3N3CCCC3=O)ccc2C1. The summed E-state index contributed by atoms with van der Waals surface area (Å²) >= 11 is 6.12. The third-order valence-electron chi connectivity index (χ3n) is 5.22. The van der Waals surface area contributed by atoms with Crippen LogP contribution >= 0.6 is 11.6 Å². The highest BCUT2D eigenvalue weighted by Gasteiger charge is 2.26. The number of fused-ring (bicyclic) bond motifs is 1. The number of carbonyl (C=O) groups is 2. The molecule has 0 radical (unpaired) electrons. The summed E-state index contributed by atoms with van der Waals surface area (Å²) in [6, 6.07) is 11.1. The van der Waals surface area contributed by atoms with Gasteiger partial charge < -0.3 is 10.2 Å². The number of hydrogen-bond acceptors (Lipinski definition) is 2. The molecule has 2 aliphatic rings. The molecule has 27 heavy (non-hydrogen) atoms. The number of nitrogens with one attached hydrogen (secondary N) is 1. The maximum absolute atomic E-state index is 12.9. The number of benzene rings is 2. The van der Waals surface area contributed by atoms with Crippen molar-refractivity contribution < 1.29 is 9.59 Å². The van der Waals surface area contributed by atoms with E-state index in [0.717, 1.165) is 31.4 Å². The standard InChI is InChI=1S/C22H21ClN2O2/c1-14-4-5-16-12-18(8-6-15(16)11-14)24-22(27)19-9-7-17(23)13-20(19)25-10-2-3-21(25)26/h6-9,12-13H,1-5,10-11H2,(H,24,27). The van der Waals surface area contributed by atoms with E-state index in [1.54, 1.807) is 23.1 Å². The van der Waals surface area contributed by atoms with E-state index in [9.17, 15) is 9.59 Å². The molecule has 1 saturated heterocycles. The zero-order valence-electron chi connectivity index (χ0n) is 15.1. The molecule has 1 aliphatic heterocycles. The predicted octanol–water partition coefficient (Wildman–Crippen LogP) is 4.76. The van der Waals surface area contributed by atoms with E-state index in [-0.39, 0.29) is 11.8 Å². The van der Waals surface area contributed by atoms with Crippen LogP contribution in [-0.2, 0) is 17.6 Å². The van der Waals surface area contributed by atoms with E-state index in [4.69, 9.17) is 11.6 Å². The average Bonchev–Trinajstić information content (AvgIpc) is 3.07. The van der Waals surface area contributed by atoms with Crippen molar-refractivity contribution in [1.82, 2.24) is 0 Å². The van der Waals surface area contributed by atoms with Crippen LogP contribution in [-0.4, -0.2) is 18.4 Å². The van der Waals surface area contributed by atoms with Gasteiger partial charge in [0.2, 0.25) is 5.91 Å². The molecule has 1 aliphatic carbocycles. The lowest BCUT2D eigenvalue weighted by Crippen LogP contribution is -2.27. The molecule has 1 heterocycles. The number of nitrogens with zero attached hydrogens (tertiary/aromatic N) is 1. The highest BCUT2D eigenvalue weighted by atomic mass is 35.5. The van der Waals surface area contributed by atoms with Gasteiger partial charge >= 0.3 is 0 Å². The first-order chi connectivity index (χ1) is 13.0. The van der Waals surface area contributed by atoms with Crippen LogP contribution < -0.4 is 10.2 Å². The molecule has 0 spiro atoms. The summed E-state index contributed by atoms with van der Waals surface area (Å²) in [5, 5.41) is 3.48. The number of halogens is 1. The smallest absolute Gasteiger partial charge is 0.257 e. The maximum atomic E-state index is 12.9. The molecule has 0 aromatic heterocycles. The molecular weight excluding hydrogens is 360 g/mol. The highest BCUT2D eigenvalue weighted by molar-refractivity contribution is 6.31. The van der Waals surface area contributed by atoms with Gasteiger partial charge in [0.15, 0.2) is 0 Å². The summed E-state index contributed by atoms with van der Waals surface area (Å²) in [5.41, 5.74) is 5.59. The molecule has 5 heteroatoms. The Morgan fingerprint density at radius 3 is 2.70 bits per heavy atom. The van der Waals surface area contributed by atoms with Gasteiger partial charge in [-0.3, -0.25) is 9.59 Å². The quantitative estimate of drug-likeness (QED) is 0.780. The summed E-state index contributed by atoms with van der Waals surface area (Å²) in [6.07, 6.45) is 4.14. The molecule has 2 aromatic carbocycles. The largest absolute Gasteiger partial charge is 0.322 e. The molecule has 0 unspecified atom stereocenters. The molecule has 0 bridgehead atoms. The lowest BCUT2D eigenvalue weighted by Gasteiger charge is -2.21. The van der Waals surface area contributed by atoms with Crippen LogP contribution in [0.25, 0.3) is 0 Å². The lowest BCUT2D eigenvalue weighted by molar-refractivity contribution is -0.117. The second-order valence-corrected chi connectivity index (χ2v) is 7.61. The number of rotatable bonds is 3. The van der Waals surface area contributed by atoms with Gasteiger partial charge in [0.25, 0.3) is 5.91 Å². The Hall–Kier alpha value is -2.59. The van der Waals surface area contributed by atoms with Gasteiger partial charge in [-0.05, 0) is 67.1 Å². The molecule has 0 atom stereocenters. The van der Waals surface area contributed by atoms with Crippen molar-refractivity contribution in [3.05, 3.63) is 70.3 Å². The van der Waals surface area contributed by atoms with E-state index in [1.165, 1.54) is 16.7 Å². The Morgan fingerprint density at radius 2 is 1.93 bits per heavy atom. The van der Waals surface area contributed by atoms with Gasteiger partial charge in [-0.25, -0.2) is 0 Å². The zero-order chi connectivity index (χ0) is 19.0. The molecule has 2 aromatic rings. The van der Waals surface area contributed by atoms with Crippen LogP contribution in [0.4, 0.5) is 11.4 Å². The number of anilines is 2. The first-order valence-electron chi connectivity index (χ1n) is 9.21. The van der Waals surface area contributed by atoms with E-state index in [1.807, 2.05) is 12.1 Å². The van der Waals surface area contributed by atoms with Crippen LogP contribution in [0, 0.1) is 0 Å². The Bertz CT molecular complexity index is 951. The van der Waals surface area contributed by atoms with E-state index in [2.05, 4.69) is 18.0 Å². The van der Waals surface area contributed by atoms with Crippen molar-refractivity contribution >= 4 is 34.8 Å². The molecule has 1 N–H and O–H groups in total. The van der Waals surface area contributed by atoms with Crippen LogP contribution in [0.15, 0.2) is 48.6 Å². The van der Waals surface area contributed by atoms with Crippen molar-refractivity contribution in [3.63, 3.8) is 0 Å². The summed E-state index contributed by atoms with van der Waals surface area (Å²) in [7, 11) is 0. The fraction of sp³-hybridized carbons (Fsp3) is 0.273. The molecule has 1 fully saturated rings. The summed E-state index contributed by atoms with van der Waals surface area (Å²) in [5.74, 6) is -0.207. The first kappa shape index (κ1) is 17.8. The second-order valence-electron chi connectivity index (χ2n) is 7.17. The topological polar surface area (TPSA) is 49.4 Å². The number of carbonyl (C=O) groups excluding carboxylic acids is 2. The average molecular weight is 381 g/mol. The van der Waals surface area contributed by atoms with Crippen LogP contribution in [0.5, 0.6) is 0 Å². The van der Waals surface area contributed by atoms with Gasteiger partial charge in [0, 0.05) is 23.7 Å². The normalized spacial score (nSPS) is 16.4. The zero-order valence-corrected chi connectivity index (χ0v) is 15.8. The lowest BCUT2D eigenvalue weighted by atomic mass is 9.88. The van der Waals surface area contributed by atoms with Gasteiger partial charge in [0.1, 0.15) is 0 Å². The van der Waals surface area contributed by atoms with Gasteiger partial charge in [-0.15, -0.1) is 0 Å². The third kappa shape index (κ3) is 3.62. The Morgan fingerprint density at radius 1 is 1.07 bits per heavy atom. The van der Waals surface area contributed by atoms with Crippen molar-refractivity contribution in [2.75, 3.05) is 16.8 Å². The summed E-state index contributed by atoms with van der Waals surface area (Å²) in [4.78, 5) is 26.7. The monoisotopic (exact) mass is 380 g/mol. The predicted molar refractivity (Wildman–Crippen MR) is 109 cm³/mol. The van der Waals surface area contributed by atoms with Crippen LogP contribution in [0.3, 0.4) is 0 Å². The first-order valence-corrected chi connectivity index (χ1v) is 9.59. The minimum absolute atomic E-state index is 0.0281. The molecule has 0 saturated carbocycles.